The van der Waals surface area contributed by atoms with Crippen molar-refractivity contribution in [1.29, 1.82) is 0 Å². The Bertz CT molecular complexity index is 789. The Morgan fingerprint density at radius 1 is 1.05 bits per heavy atom. The zero-order valence-electron chi connectivity index (χ0n) is 10.1. The summed E-state index contributed by atoms with van der Waals surface area (Å²) >= 11 is 4.77. The lowest BCUT2D eigenvalue weighted by Gasteiger charge is -2.11. The second kappa shape index (κ2) is 5.16. The van der Waals surface area contributed by atoms with Crippen LogP contribution in [0, 0.1) is 3.57 Å². The van der Waals surface area contributed by atoms with E-state index in [1.54, 1.807) is 3.67 Å². The van der Waals surface area contributed by atoms with Gasteiger partial charge in [0.05, 0.1) is 17.4 Å². The van der Waals surface area contributed by atoms with Gasteiger partial charge in [-0.05, 0) is 52.4 Å². The molecular weight excluding hydrogens is 366 g/mol. The first-order chi connectivity index (χ1) is 9.16. The number of rotatable bonds is 2. The molecule has 0 amide bonds. The molecule has 0 saturated carbocycles. The van der Waals surface area contributed by atoms with Crippen molar-refractivity contribution in [3.8, 4) is 0 Å². The number of halogens is 1. The molecule has 3 nitrogen and oxygen atoms in total. The van der Waals surface area contributed by atoms with Crippen molar-refractivity contribution in [2.24, 2.45) is 0 Å². The fraction of sp³-hybridized carbons (Fsp3) is 0.0714. The Kier molecular flexibility index (Phi) is 3.52. The predicted octanol–water partition coefficient (Wildman–Crippen LogP) is 2.39. The fourth-order valence-electron chi connectivity index (χ4n) is 2.15. The summed E-state index contributed by atoms with van der Waals surface area (Å²) in [5.74, 6) is 0. The maximum atomic E-state index is 12.1. The molecule has 92 valence electrons. The van der Waals surface area contributed by atoms with Crippen molar-refractivity contribution in [3.63, 3.8) is 0 Å². The minimum atomic E-state index is 0.0195. The zero-order valence-corrected chi connectivity index (χ0v) is 13.4. The Hall–Kier alpha value is -1.03. The van der Waals surface area contributed by atoms with Crippen molar-refractivity contribution < 1.29 is 0 Å². The van der Waals surface area contributed by atoms with Crippen LogP contribution >= 0.6 is 22.6 Å². The van der Waals surface area contributed by atoms with Gasteiger partial charge in [-0.25, -0.2) is 0 Å². The van der Waals surface area contributed by atoms with E-state index in [2.05, 4.69) is 63.4 Å². The number of para-hydroxylation sites is 1. The van der Waals surface area contributed by atoms with Gasteiger partial charge in [-0.1, -0.05) is 24.3 Å². The molecule has 0 aliphatic heterocycles. The first-order valence-corrected chi connectivity index (χ1v) is 7.46. The average molecular weight is 376 g/mol. The van der Waals surface area contributed by atoms with E-state index in [0.29, 0.717) is 6.54 Å². The molecule has 5 heteroatoms. The van der Waals surface area contributed by atoms with Crippen LogP contribution in [0.25, 0.3) is 10.9 Å². The third kappa shape index (κ3) is 2.38. The lowest BCUT2D eigenvalue weighted by atomic mass is 10.2. The number of hydrogen-bond acceptors (Lipinski definition) is 1. The van der Waals surface area contributed by atoms with Gasteiger partial charge in [0.15, 0.2) is 0 Å². The fourth-order valence-corrected chi connectivity index (χ4v) is 2.86. The van der Waals surface area contributed by atoms with E-state index in [-0.39, 0.29) is 5.56 Å². The van der Waals surface area contributed by atoms with Crippen molar-refractivity contribution in [1.82, 2.24) is 8.35 Å². The lowest BCUT2D eigenvalue weighted by Crippen LogP contribution is -2.21. The first kappa shape index (κ1) is 13.0. The van der Waals surface area contributed by atoms with Gasteiger partial charge in [0.2, 0.25) is 5.56 Å². The first-order valence-electron chi connectivity index (χ1n) is 5.87. The highest BCUT2D eigenvalue weighted by molar-refractivity contribution is 14.1. The Morgan fingerprint density at radius 3 is 2.47 bits per heavy atom. The van der Waals surface area contributed by atoms with E-state index in [9.17, 15) is 4.79 Å². The average Bonchev–Trinajstić information content (AvgIpc) is 2.67. The molecule has 0 aliphatic carbocycles. The molecule has 1 aromatic heterocycles. The highest BCUT2D eigenvalue weighted by Gasteiger charge is 2.08. The molecule has 0 bridgehead atoms. The second-order valence-electron chi connectivity index (χ2n) is 4.35. The summed E-state index contributed by atoms with van der Waals surface area (Å²) in [6.45, 7) is 0.684. The molecule has 0 atom stereocenters. The molecule has 2 radical (unpaired) electrons. The smallest absolute Gasteiger partial charge is 0.356 e. The van der Waals surface area contributed by atoms with E-state index in [1.165, 1.54) is 9.13 Å². The molecule has 3 aromatic rings. The number of aromatic nitrogens is 2. The summed E-state index contributed by atoms with van der Waals surface area (Å²) in [6, 6.07) is 16.0. The molecule has 19 heavy (non-hydrogen) atoms. The Labute approximate surface area is 132 Å². The monoisotopic (exact) mass is 376 g/mol. The molecule has 0 N–H and O–H groups in total. The molecule has 1 heterocycles. The van der Waals surface area contributed by atoms with Crippen molar-refractivity contribution in [3.05, 3.63) is 68.0 Å². The van der Waals surface area contributed by atoms with Crippen LogP contribution in [0.2, 0.25) is 0 Å². The van der Waals surface area contributed by atoms with Crippen molar-refractivity contribution >= 4 is 50.0 Å². The summed E-state index contributed by atoms with van der Waals surface area (Å²) in [5, 5.41) is 0.753. The van der Waals surface area contributed by atoms with Crippen LogP contribution < -0.4 is 5.56 Å². The summed E-state index contributed by atoms with van der Waals surface area (Å²) in [6.07, 6.45) is 0. The van der Waals surface area contributed by atoms with Crippen molar-refractivity contribution in [2.75, 3.05) is 0 Å². The minimum absolute atomic E-state index is 0.0195. The summed E-state index contributed by atoms with van der Waals surface area (Å²) in [7, 11) is 0. The van der Waals surface area contributed by atoms with Crippen LogP contribution in [0.5, 0.6) is 0 Å². The minimum Gasteiger partial charge on any atom is -0.371 e. The Morgan fingerprint density at radius 2 is 1.74 bits per heavy atom. The largest absolute Gasteiger partial charge is 0.371 e. The third-order valence-corrected chi connectivity index (χ3v) is 4.36. The van der Waals surface area contributed by atoms with Gasteiger partial charge in [0.25, 0.3) is 0 Å². The van der Waals surface area contributed by atoms with E-state index in [1.807, 2.05) is 28.9 Å². The highest BCUT2D eigenvalue weighted by atomic mass is 127. The quantitative estimate of drug-likeness (QED) is 0.499. The highest BCUT2D eigenvalue weighted by Crippen LogP contribution is 2.13. The van der Waals surface area contributed by atoms with Crippen LogP contribution in [0.3, 0.4) is 0 Å². The van der Waals surface area contributed by atoms with Crippen LogP contribution in [-0.2, 0) is 6.54 Å². The maximum Gasteiger partial charge on any atom is 0.356 e. The van der Waals surface area contributed by atoms with Gasteiger partial charge in [-0.15, -0.1) is 0 Å². The van der Waals surface area contributed by atoms with E-state index in [0.717, 1.165) is 10.9 Å². The van der Waals surface area contributed by atoms with Gasteiger partial charge in [-0.3, -0.25) is 4.79 Å². The second-order valence-corrected chi connectivity index (χ2v) is 6.09. The van der Waals surface area contributed by atoms with Crippen LogP contribution in [-0.4, -0.2) is 24.9 Å². The zero-order chi connectivity index (χ0) is 13.4. The SMILES string of the molecule is O=c1c2ccccc2n(Cc2ccc(I)cc2)[n]1[Al]. The number of nitrogens with zero attached hydrogens (tertiary/aromatic N) is 2. The Balaban J connectivity index is 2.13. The molecule has 0 unspecified atom stereocenters. The van der Waals surface area contributed by atoms with Crippen molar-refractivity contribution in [2.45, 2.75) is 6.54 Å². The summed E-state index contributed by atoms with van der Waals surface area (Å²) in [4.78, 5) is 12.1. The van der Waals surface area contributed by atoms with Crippen LogP contribution in [0.1, 0.15) is 5.56 Å². The van der Waals surface area contributed by atoms with E-state index < -0.39 is 0 Å². The third-order valence-electron chi connectivity index (χ3n) is 3.13. The lowest BCUT2D eigenvalue weighted by molar-refractivity contribution is 0.658. The molecule has 2 aromatic carbocycles. The van der Waals surface area contributed by atoms with E-state index in [4.69, 9.17) is 0 Å². The number of hydrogen-bond donors (Lipinski definition) is 0. The van der Waals surface area contributed by atoms with Crippen LogP contribution in [0.15, 0.2) is 53.3 Å². The van der Waals surface area contributed by atoms with Gasteiger partial charge in [0, 0.05) is 3.57 Å². The van der Waals surface area contributed by atoms with Crippen LogP contribution in [0.4, 0.5) is 0 Å². The molecule has 0 aliphatic rings. The summed E-state index contributed by atoms with van der Waals surface area (Å²) in [5.41, 5.74) is 2.16. The van der Waals surface area contributed by atoms with Gasteiger partial charge >= 0.3 is 16.5 Å². The molecular formula is C14H10AlIN2O. The molecule has 3 rings (SSSR count). The van der Waals surface area contributed by atoms with Gasteiger partial charge in [0.1, 0.15) is 0 Å². The normalized spacial score (nSPS) is 11.0. The topological polar surface area (TPSA) is 26.9 Å². The number of fused-ring (bicyclic) bond motifs is 1. The maximum absolute atomic E-state index is 12.1. The predicted molar refractivity (Wildman–Crippen MR) is 85.6 cm³/mol. The number of benzene rings is 2. The van der Waals surface area contributed by atoms with Gasteiger partial charge < -0.3 is 8.35 Å². The van der Waals surface area contributed by atoms with Gasteiger partial charge in [-0.2, -0.15) is 0 Å². The molecule has 0 spiro atoms. The molecule has 0 saturated heterocycles. The molecule has 0 fully saturated rings. The van der Waals surface area contributed by atoms with E-state index >= 15 is 0 Å². The summed E-state index contributed by atoms with van der Waals surface area (Å²) < 4.78 is 4.79. The standard InChI is InChI=1S/C14H11IN2O.Al/c15-11-7-5-10(6-8-11)9-17-13-4-2-1-3-12(13)14(18)16-17;/h1-8H,9H2,(H,16,18);/q;+1/p-1.